The lowest BCUT2D eigenvalue weighted by molar-refractivity contribution is -0.121. The van der Waals surface area contributed by atoms with Gasteiger partial charge in [0.25, 0.3) is 0 Å². The molecule has 0 N–H and O–H groups in total. The Kier molecular flexibility index (Phi) is 4.52. The Morgan fingerprint density at radius 1 is 1.24 bits per heavy atom. The van der Waals surface area contributed by atoms with Crippen LogP contribution in [0, 0.1) is 12.3 Å². The van der Waals surface area contributed by atoms with E-state index in [9.17, 15) is 9.59 Å². The number of ketones is 1. The van der Waals surface area contributed by atoms with Gasteiger partial charge in [0.15, 0.2) is 5.82 Å². The molecular weight excluding hydrogens is 368 g/mol. The van der Waals surface area contributed by atoms with E-state index in [1.807, 2.05) is 25.7 Å². The van der Waals surface area contributed by atoms with Crippen molar-refractivity contribution in [3.63, 3.8) is 0 Å². The van der Waals surface area contributed by atoms with E-state index in [1.54, 1.807) is 0 Å². The molecule has 0 radical (unpaired) electrons. The third kappa shape index (κ3) is 3.76. The summed E-state index contributed by atoms with van der Waals surface area (Å²) in [5, 5.41) is 4.93. The molecule has 1 spiro atoms. The number of aryl methyl sites for hydroxylation is 1. The summed E-state index contributed by atoms with van der Waals surface area (Å²) in [4.78, 5) is 28.2. The topological polar surface area (TPSA) is 67.7 Å². The van der Waals surface area contributed by atoms with Gasteiger partial charge in [-0.2, -0.15) is 5.10 Å². The van der Waals surface area contributed by atoms with Gasteiger partial charge in [-0.3, -0.25) is 9.48 Å². The maximum Gasteiger partial charge on any atom is 0.410 e. The summed E-state index contributed by atoms with van der Waals surface area (Å²) in [7, 11) is 0. The van der Waals surface area contributed by atoms with Crippen LogP contribution in [0.4, 0.5) is 10.6 Å². The Labute approximate surface area is 173 Å². The maximum atomic E-state index is 12.2. The summed E-state index contributed by atoms with van der Waals surface area (Å²) in [6.07, 6.45) is 3.08. The van der Waals surface area contributed by atoms with Gasteiger partial charge in [0.05, 0.1) is 6.04 Å². The molecule has 3 heterocycles. The Hall–Kier alpha value is -2.05. The highest BCUT2D eigenvalue weighted by molar-refractivity contribution is 5.82. The quantitative estimate of drug-likeness (QED) is 0.754. The summed E-state index contributed by atoms with van der Waals surface area (Å²) in [5.74, 6) is 1.31. The summed E-state index contributed by atoms with van der Waals surface area (Å²) in [6.45, 7) is 14.4. The normalized spacial score (nSPS) is 23.7. The van der Waals surface area contributed by atoms with Gasteiger partial charge in [0.1, 0.15) is 11.4 Å². The van der Waals surface area contributed by atoms with Gasteiger partial charge in [-0.1, -0.05) is 0 Å². The number of aromatic nitrogens is 2. The first kappa shape index (κ1) is 20.2. The van der Waals surface area contributed by atoms with Gasteiger partial charge in [-0.15, -0.1) is 0 Å². The number of hydrogen-bond donors (Lipinski definition) is 0. The third-order valence-corrected chi connectivity index (χ3v) is 6.55. The van der Waals surface area contributed by atoms with E-state index in [0.29, 0.717) is 24.7 Å². The van der Waals surface area contributed by atoms with E-state index in [4.69, 9.17) is 9.84 Å². The monoisotopic (exact) mass is 402 g/mol. The zero-order valence-corrected chi connectivity index (χ0v) is 18.6. The molecule has 7 heteroatoms. The van der Waals surface area contributed by atoms with Gasteiger partial charge >= 0.3 is 6.09 Å². The average molecular weight is 403 g/mol. The molecule has 29 heavy (non-hydrogen) atoms. The van der Waals surface area contributed by atoms with Crippen LogP contribution in [-0.2, 0) is 9.53 Å². The van der Waals surface area contributed by atoms with Crippen LogP contribution in [-0.4, -0.2) is 57.3 Å². The van der Waals surface area contributed by atoms with Crippen molar-refractivity contribution in [3.8, 4) is 0 Å². The fraction of sp³-hybridized carbons (Fsp3) is 0.773. The average Bonchev–Trinajstić information content (AvgIpc) is 2.82. The second-order valence-electron chi connectivity index (χ2n) is 10.9. The lowest BCUT2D eigenvalue weighted by Gasteiger charge is -2.58. The fourth-order valence-electron chi connectivity index (χ4n) is 5.19. The van der Waals surface area contributed by atoms with E-state index in [0.717, 1.165) is 44.0 Å². The number of likely N-dealkylation sites (tertiary alicyclic amines) is 1. The van der Waals surface area contributed by atoms with Gasteiger partial charge < -0.3 is 14.5 Å². The fourth-order valence-corrected chi connectivity index (χ4v) is 5.19. The summed E-state index contributed by atoms with van der Waals surface area (Å²) in [6, 6.07) is 2.54. The minimum Gasteiger partial charge on any atom is -0.444 e. The molecular formula is C22H34N4O3. The predicted molar refractivity (Wildman–Crippen MR) is 111 cm³/mol. The number of carbonyl (C=O) groups excluding carboxylic acids is 2. The van der Waals surface area contributed by atoms with Crippen LogP contribution < -0.4 is 4.90 Å². The molecule has 1 saturated carbocycles. The molecule has 160 valence electrons. The molecule has 0 atom stereocenters. The molecule has 0 bridgehead atoms. The minimum atomic E-state index is -0.447. The molecule has 0 aromatic carbocycles. The van der Waals surface area contributed by atoms with Crippen molar-refractivity contribution in [1.29, 1.82) is 0 Å². The Bertz CT molecular complexity index is 822. The van der Waals surface area contributed by atoms with Crippen LogP contribution in [0.3, 0.4) is 0 Å². The first-order chi connectivity index (χ1) is 13.4. The predicted octanol–water partition coefficient (Wildman–Crippen LogP) is 3.71. The highest BCUT2D eigenvalue weighted by Crippen LogP contribution is 2.54. The minimum absolute atomic E-state index is 0.191. The molecule has 1 aromatic rings. The van der Waals surface area contributed by atoms with E-state index in [-0.39, 0.29) is 17.0 Å². The van der Waals surface area contributed by atoms with E-state index >= 15 is 0 Å². The van der Waals surface area contributed by atoms with Crippen molar-refractivity contribution in [3.05, 3.63) is 11.8 Å². The number of anilines is 1. The molecule has 0 unspecified atom stereocenters. The van der Waals surface area contributed by atoms with E-state index in [1.165, 1.54) is 0 Å². The first-order valence-corrected chi connectivity index (χ1v) is 10.7. The van der Waals surface area contributed by atoms with E-state index < -0.39 is 5.60 Å². The second kappa shape index (κ2) is 6.47. The zero-order chi connectivity index (χ0) is 21.2. The van der Waals surface area contributed by atoms with Gasteiger partial charge in [0.2, 0.25) is 0 Å². The Morgan fingerprint density at radius 3 is 2.48 bits per heavy atom. The zero-order valence-electron chi connectivity index (χ0n) is 18.6. The summed E-state index contributed by atoms with van der Waals surface area (Å²) >= 11 is 0. The number of nitrogens with zero attached hydrogens (tertiary/aromatic N) is 4. The largest absolute Gasteiger partial charge is 0.444 e. The second-order valence-corrected chi connectivity index (χ2v) is 10.9. The molecule has 2 aliphatic heterocycles. The highest BCUT2D eigenvalue weighted by atomic mass is 16.6. The molecule has 1 aromatic heterocycles. The summed E-state index contributed by atoms with van der Waals surface area (Å²) < 4.78 is 7.63. The van der Waals surface area contributed by atoms with Crippen LogP contribution in [0.2, 0.25) is 0 Å². The van der Waals surface area contributed by atoms with Crippen molar-refractivity contribution in [2.24, 2.45) is 5.41 Å². The molecule has 4 rings (SSSR count). The van der Waals surface area contributed by atoms with Crippen molar-refractivity contribution in [2.75, 3.05) is 24.5 Å². The number of carbonyl (C=O) groups is 2. The molecule has 3 fully saturated rings. The van der Waals surface area contributed by atoms with Crippen LogP contribution in [0.5, 0.6) is 0 Å². The van der Waals surface area contributed by atoms with E-state index in [2.05, 4.69) is 36.4 Å². The van der Waals surface area contributed by atoms with Gasteiger partial charge in [-0.25, -0.2) is 4.79 Å². The maximum absolute atomic E-state index is 12.2. The number of ether oxygens (including phenoxy) is 1. The smallest absolute Gasteiger partial charge is 0.410 e. The lowest BCUT2D eigenvalue weighted by atomic mass is 9.61. The number of hydrogen-bond acceptors (Lipinski definition) is 5. The van der Waals surface area contributed by atoms with Crippen molar-refractivity contribution < 1.29 is 14.3 Å². The number of piperidine rings is 1. The highest BCUT2D eigenvalue weighted by Gasteiger charge is 2.55. The molecule has 2 saturated heterocycles. The molecule has 3 aliphatic rings. The Morgan fingerprint density at radius 2 is 1.90 bits per heavy atom. The SMILES string of the molecule is Cc1cc(N2CCC(=O)CC2(C)C)nn1C1CC2(C1)CN(C(=O)OC(C)(C)C)C2. The summed E-state index contributed by atoms with van der Waals surface area (Å²) in [5.41, 5.74) is 0.758. The Balaban J connectivity index is 1.37. The number of amides is 1. The standard InChI is InChI=1S/C22H34N4O3/c1-15-9-18(25-8-7-17(27)12-21(25,5)6)23-26(15)16-10-22(11-16)13-24(14-22)19(28)29-20(2,3)4/h9,16H,7-8,10-14H2,1-6H3. The van der Waals surface area contributed by atoms with Crippen LogP contribution in [0.25, 0.3) is 0 Å². The van der Waals surface area contributed by atoms with Crippen molar-refractivity contribution >= 4 is 17.7 Å². The van der Waals surface area contributed by atoms with Crippen LogP contribution in [0.1, 0.15) is 72.0 Å². The number of Topliss-reactive ketones (excluding diaryl/α,β-unsaturated/α-hetero) is 1. The first-order valence-electron chi connectivity index (χ1n) is 10.7. The third-order valence-electron chi connectivity index (χ3n) is 6.55. The number of rotatable bonds is 2. The molecule has 1 amide bonds. The van der Waals surface area contributed by atoms with Crippen LogP contribution in [0.15, 0.2) is 6.07 Å². The van der Waals surface area contributed by atoms with Crippen LogP contribution >= 0.6 is 0 Å². The molecule has 1 aliphatic carbocycles. The lowest BCUT2D eigenvalue weighted by Crippen LogP contribution is -2.64. The van der Waals surface area contributed by atoms with Gasteiger partial charge in [-0.05, 0) is 54.4 Å². The van der Waals surface area contributed by atoms with Crippen molar-refractivity contribution in [2.45, 2.75) is 84.4 Å². The van der Waals surface area contributed by atoms with Gasteiger partial charge in [0, 0.05) is 55.2 Å². The molecule has 7 nitrogen and oxygen atoms in total. The van der Waals surface area contributed by atoms with Crippen molar-refractivity contribution in [1.82, 2.24) is 14.7 Å².